The van der Waals surface area contributed by atoms with Gasteiger partial charge in [0.05, 0.1) is 0 Å². The second-order valence-electron chi connectivity index (χ2n) is 4.64. The highest BCUT2D eigenvalue weighted by Gasteiger charge is 2.29. The van der Waals surface area contributed by atoms with Gasteiger partial charge < -0.3 is 10.3 Å². The molecule has 0 saturated heterocycles. The Balaban J connectivity index is 2.83. The van der Waals surface area contributed by atoms with Gasteiger partial charge in [-0.15, -0.1) is 4.72 Å². The fourth-order valence-electron chi connectivity index (χ4n) is 1.11. The van der Waals surface area contributed by atoms with E-state index in [2.05, 4.69) is 4.72 Å². The van der Waals surface area contributed by atoms with Crippen molar-refractivity contribution >= 4 is 11.4 Å². The molecule has 1 aromatic carbocycles. The van der Waals surface area contributed by atoms with Gasteiger partial charge in [0.1, 0.15) is 22.5 Å². The molecule has 0 aliphatic heterocycles. The molecule has 0 amide bonds. The van der Waals surface area contributed by atoms with Gasteiger partial charge in [-0.25, -0.2) is 8.78 Å². The van der Waals surface area contributed by atoms with Gasteiger partial charge in [-0.2, -0.15) is 0 Å². The topological polar surface area (TPSA) is 61.1 Å². The minimum Gasteiger partial charge on any atom is -0.598 e. The number of nitrogens with one attached hydrogen (secondary N) is 1. The van der Waals surface area contributed by atoms with Crippen molar-refractivity contribution in [1.29, 1.82) is 0 Å². The lowest BCUT2D eigenvalue weighted by molar-refractivity contribution is 0.512. The summed E-state index contributed by atoms with van der Waals surface area (Å²) in [6, 6.07) is 2.99. The van der Waals surface area contributed by atoms with E-state index in [4.69, 9.17) is 5.73 Å². The van der Waals surface area contributed by atoms with Crippen LogP contribution in [0.15, 0.2) is 18.2 Å². The Morgan fingerprint density at radius 3 is 2.47 bits per heavy atom. The quantitative estimate of drug-likeness (QED) is 0.646. The summed E-state index contributed by atoms with van der Waals surface area (Å²) in [7, 11) is 0. The van der Waals surface area contributed by atoms with Crippen LogP contribution in [0.2, 0.25) is 0 Å². The standard InChI is InChI=1S/C11H16F2N2OS/c1-11(2,3)17(16)15-10(14)8-6-7(12)4-5-9(8)13/h4-6,10,15H,14H2,1-3H3/t10-,17?/m1/s1. The maximum Gasteiger partial charge on any atom is 0.137 e. The predicted octanol–water partition coefficient (Wildman–Crippen LogP) is 1.97. The molecule has 0 aliphatic rings. The zero-order chi connectivity index (χ0) is 13.2. The maximum atomic E-state index is 13.4. The summed E-state index contributed by atoms with van der Waals surface area (Å²) in [6.07, 6.45) is -1.01. The average Bonchev–Trinajstić information content (AvgIpc) is 2.20. The van der Waals surface area contributed by atoms with Crippen LogP contribution in [0.3, 0.4) is 0 Å². The molecule has 1 aromatic rings. The Labute approximate surface area is 103 Å². The summed E-state index contributed by atoms with van der Waals surface area (Å²) in [5, 5.41) is 0. The van der Waals surface area contributed by atoms with Gasteiger partial charge in [0.2, 0.25) is 0 Å². The van der Waals surface area contributed by atoms with Crippen LogP contribution in [0.1, 0.15) is 32.5 Å². The first-order chi connectivity index (χ1) is 7.71. The highest BCUT2D eigenvalue weighted by molar-refractivity contribution is 7.90. The minimum atomic E-state index is -1.45. The molecule has 2 atom stereocenters. The Morgan fingerprint density at radius 1 is 1.35 bits per heavy atom. The zero-order valence-corrected chi connectivity index (χ0v) is 10.8. The fraction of sp³-hybridized carbons (Fsp3) is 0.455. The summed E-state index contributed by atoms with van der Waals surface area (Å²) in [4.78, 5) is 0. The van der Waals surface area contributed by atoms with Crippen molar-refractivity contribution in [3.05, 3.63) is 35.4 Å². The molecule has 0 aliphatic carbocycles. The van der Waals surface area contributed by atoms with Crippen LogP contribution < -0.4 is 10.5 Å². The van der Waals surface area contributed by atoms with Gasteiger partial charge in [0, 0.05) is 16.9 Å². The van der Waals surface area contributed by atoms with E-state index in [1.165, 1.54) is 0 Å². The highest BCUT2D eigenvalue weighted by Crippen LogP contribution is 2.19. The van der Waals surface area contributed by atoms with Gasteiger partial charge in [-0.1, -0.05) is 0 Å². The van der Waals surface area contributed by atoms with Gasteiger partial charge in [0.25, 0.3) is 0 Å². The lowest BCUT2D eigenvalue weighted by atomic mass is 10.1. The molecule has 0 saturated carbocycles. The smallest absolute Gasteiger partial charge is 0.137 e. The van der Waals surface area contributed by atoms with Crippen molar-refractivity contribution in [2.45, 2.75) is 31.7 Å². The van der Waals surface area contributed by atoms with E-state index in [0.717, 1.165) is 18.2 Å². The normalized spacial score (nSPS) is 15.7. The molecule has 3 nitrogen and oxygen atoms in total. The monoisotopic (exact) mass is 262 g/mol. The number of halogens is 2. The molecule has 0 aromatic heterocycles. The number of hydrogen-bond acceptors (Lipinski definition) is 3. The SMILES string of the molecule is CC(C)(C)[S+]([O-])N[C@@H](N)c1cc(F)ccc1F. The maximum absolute atomic E-state index is 13.4. The molecule has 17 heavy (non-hydrogen) atoms. The van der Waals surface area contributed by atoms with Crippen LogP contribution in [-0.4, -0.2) is 9.30 Å². The highest BCUT2D eigenvalue weighted by atomic mass is 32.2. The molecule has 6 heteroatoms. The van der Waals surface area contributed by atoms with Crippen LogP contribution in [0, 0.1) is 11.6 Å². The Morgan fingerprint density at radius 2 is 1.94 bits per heavy atom. The van der Waals surface area contributed by atoms with E-state index in [-0.39, 0.29) is 5.56 Å². The van der Waals surface area contributed by atoms with Crippen molar-refractivity contribution < 1.29 is 13.3 Å². The molecule has 0 bridgehead atoms. The fourth-order valence-corrected chi connectivity index (χ4v) is 1.82. The Kier molecular flexibility index (Phi) is 4.48. The largest absolute Gasteiger partial charge is 0.598 e. The van der Waals surface area contributed by atoms with Crippen LogP contribution >= 0.6 is 0 Å². The van der Waals surface area contributed by atoms with Crippen molar-refractivity contribution in [3.8, 4) is 0 Å². The first-order valence-electron chi connectivity index (χ1n) is 5.10. The summed E-state index contributed by atoms with van der Waals surface area (Å²) < 4.78 is 40.1. The van der Waals surface area contributed by atoms with Crippen molar-refractivity contribution in [3.63, 3.8) is 0 Å². The van der Waals surface area contributed by atoms with E-state index < -0.39 is 33.9 Å². The molecule has 0 heterocycles. The van der Waals surface area contributed by atoms with Crippen LogP contribution in [0.5, 0.6) is 0 Å². The zero-order valence-electron chi connectivity index (χ0n) is 9.96. The lowest BCUT2D eigenvalue weighted by Gasteiger charge is -2.26. The number of rotatable bonds is 3. The second kappa shape index (κ2) is 5.30. The molecular formula is C11H16F2N2OS. The van der Waals surface area contributed by atoms with Crippen molar-refractivity contribution in [2.24, 2.45) is 5.73 Å². The molecule has 1 unspecified atom stereocenters. The third-order valence-corrected chi connectivity index (χ3v) is 3.66. The first kappa shape index (κ1) is 14.4. The summed E-state index contributed by atoms with van der Waals surface area (Å²) in [5.74, 6) is -1.21. The van der Waals surface area contributed by atoms with Gasteiger partial charge in [0.15, 0.2) is 0 Å². The van der Waals surface area contributed by atoms with E-state index in [1.807, 2.05) is 0 Å². The lowest BCUT2D eigenvalue weighted by Crippen LogP contribution is -2.44. The van der Waals surface area contributed by atoms with Gasteiger partial charge in [-0.05, 0) is 39.0 Å². The Bertz CT molecular complexity index is 396. The second-order valence-corrected chi connectivity index (χ2v) is 6.64. The van der Waals surface area contributed by atoms with Crippen LogP contribution in [0.4, 0.5) is 8.78 Å². The predicted molar refractivity (Wildman–Crippen MR) is 64.3 cm³/mol. The summed E-state index contributed by atoms with van der Waals surface area (Å²) in [5.41, 5.74) is 5.61. The molecule has 0 radical (unpaired) electrons. The van der Waals surface area contributed by atoms with Crippen molar-refractivity contribution in [1.82, 2.24) is 4.72 Å². The van der Waals surface area contributed by atoms with Gasteiger partial charge in [-0.3, -0.25) is 0 Å². The number of nitrogens with two attached hydrogens (primary N) is 1. The summed E-state index contributed by atoms with van der Waals surface area (Å²) in [6.45, 7) is 5.26. The minimum absolute atomic E-state index is 0.0393. The average molecular weight is 262 g/mol. The van der Waals surface area contributed by atoms with Crippen molar-refractivity contribution in [2.75, 3.05) is 0 Å². The van der Waals surface area contributed by atoms with Gasteiger partial charge >= 0.3 is 0 Å². The molecule has 0 spiro atoms. The molecule has 0 fully saturated rings. The molecule has 96 valence electrons. The van der Waals surface area contributed by atoms with Crippen LogP contribution in [0.25, 0.3) is 0 Å². The van der Waals surface area contributed by atoms with E-state index in [9.17, 15) is 13.3 Å². The van der Waals surface area contributed by atoms with E-state index >= 15 is 0 Å². The number of benzene rings is 1. The molecule has 3 N–H and O–H groups in total. The Hall–Kier alpha value is -0.690. The first-order valence-corrected chi connectivity index (χ1v) is 6.25. The number of hydrogen-bond donors (Lipinski definition) is 2. The third-order valence-electron chi connectivity index (χ3n) is 2.08. The summed E-state index contributed by atoms with van der Waals surface area (Å²) >= 11 is -1.45. The molecule has 1 rings (SSSR count). The van der Waals surface area contributed by atoms with E-state index in [1.54, 1.807) is 20.8 Å². The molecular weight excluding hydrogens is 246 g/mol. The van der Waals surface area contributed by atoms with E-state index in [0.29, 0.717) is 0 Å². The van der Waals surface area contributed by atoms with Crippen LogP contribution in [-0.2, 0) is 11.4 Å². The third kappa shape index (κ3) is 3.92.